The number of ketones is 1. The topological polar surface area (TPSA) is 101 Å². The maximum atomic E-state index is 13.0. The lowest BCUT2D eigenvalue weighted by Gasteiger charge is -2.10. The molecule has 0 saturated carbocycles. The van der Waals surface area contributed by atoms with Crippen LogP contribution < -0.4 is 5.43 Å². The molecule has 0 fully saturated rings. The molecule has 1 N–H and O–H groups in total. The second kappa shape index (κ2) is 7.51. The van der Waals surface area contributed by atoms with Crippen LogP contribution in [0.25, 0.3) is 0 Å². The number of benzene rings is 1. The smallest absolute Gasteiger partial charge is 0.289 e. The molecule has 28 heavy (non-hydrogen) atoms. The molecule has 0 bridgehead atoms. The number of amides is 1. The van der Waals surface area contributed by atoms with Crippen LogP contribution in [0.2, 0.25) is 0 Å². The minimum atomic E-state index is -0.919. The monoisotopic (exact) mass is 385 g/mol. The lowest BCUT2D eigenvalue weighted by molar-refractivity contribution is 0.0787. The number of carbonyl (C=O) groups is 2. The molecule has 0 radical (unpaired) electrons. The van der Waals surface area contributed by atoms with E-state index >= 15 is 0 Å². The molecule has 3 aromatic rings. The lowest BCUT2D eigenvalue weighted by Crippen LogP contribution is -2.23. The fourth-order valence-electron chi connectivity index (χ4n) is 2.48. The third-order valence-corrected chi connectivity index (χ3v) is 3.92. The van der Waals surface area contributed by atoms with Crippen molar-refractivity contribution in [3.05, 3.63) is 87.1 Å². The van der Waals surface area contributed by atoms with E-state index in [0.29, 0.717) is 12.2 Å². The van der Waals surface area contributed by atoms with Gasteiger partial charge in [0, 0.05) is 26.6 Å². The molecule has 0 aliphatic carbocycles. The predicted molar refractivity (Wildman–Crippen MR) is 96.0 cm³/mol. The van der Waals surface area contributed by atoms with Crippen molar-refractivity contribution in [3.63, 3.8) is 0 Å². The van der Waals surface area contributed by atoms with Crippen LogP contribution in [0, 0.1) is 5.82 Å². The summed E-state index contributed by atoms with van der Waals surface area (Å²) >= 11 is 0. The van der Waals surface area contributed by atoms with Crippen LogP contribution in [-0.4, -0.2) is 35.8 Å². The molecule has 0 atom stereocenters. The molecular formula is C20H16FNO6. The van der Waals surface area contributed by atoms with Gasteiger partial charge in [0.15, 0.2) is 11.5 Å². The number of hydrogen-bond acceptors (Lipinski definition) is 6. The first-order valence-electron chi connectivity index (χ1n) is 8.23. The van der Waals surface area contributed by atoms with E-state index in [-0.39, 0.29) is 17.3 Å². The van der Waals surface area contributed by atoms with E-state index < -0.39 is 28.6 Å². The molecule has 1 amide bonds. The summed E-state index contributed by atoms with van der Waals surface area (Å²) in [5, 5.41) is 9.91. The van der Waals surface area contributed by atoms with Gasteiger partial charge < -0.3 is 18.8 Å². The predicted octanol–water partition coefficient (Wildman–Crippen LogP) is 2.60. The SMILES string of the molecule is CN(C)C(=O)c1cc(=O)c(O)c(C(=O)c2ccc(Cc3ccc(F)cc3)o2)o1. The van der Waals surface area contributed by atoms with Crippen molar-refractivity contribution in [3.8, 4) is 5.75 Å². The summed E-state index contributed by atoms with van der Waals surface area (Å²) in [6.07, 6.45) is 0.308. The van der Waals surface area contributed by atoms with Gasteiger partial charge in [-0.3, -0.25) is 14.4 Å². The van der Waals surface area contributed by atoms with Crippen molar-refractivity contribution in [2.45, 2.75) is 6.42 Å². The van der Waals surface area contributed by atoms with Gasteiger partial charge in [-0.25, -0.2) is 4.39 Å². The van der Waals surface area contributed by atoms with Gasteiger partial charge in [-0.2, -0.15) is 0 Å². The Bertz CT molecular complexity index is 1090. The van der Waals surface area contributed by atoms with E-state index in [9.17, 15) is 23.9 Å². The van der Waals surface area contributed by atoms with Crippen LogP contribution in [-0.2, 0) is 6.42 Å². The maximum absolute atomic E-state index is 13.0. The Morgan fingerprint density at radius 1 is 1.04 bits per heavy atom. The van der Waals surface area contributed by atoms with Crippen LogP contribution in [0.4, 0.5) is 4.39 Å². The molecule has 0 aliphatic heterocycles. The van der Waals surface area contributed by atoms with Crippen LogP contribution in [0.3, 0.4) is 0 Å². The van der Waals surface area contributed by atoms with E-state index in [1.807, 2.05) is 0 Å². The summed E-state index contributed by atoms with van der Waals surface area (Å²) in [4.78, 5) is 37.7. The number of hydrogen-bond donors (Lipinski definition) is 1. The van der Waals surface area contributed by atoms with E-state index in [2.05, 4.69) is 0 Å². The third kappa shape index (κ3) is 3.85. The summed E-state index contributed by atoms with van der Waals surface area (Å²) in [5.41, 5.74) is -0.152. The van der Waals surface area contributed by atoms with E-state index in [4.69, 9.17) is 8.83 Å². The van der Waals surface area contributed by atoms with Gasteiger partial charge >= 0.3 is 0 Å². The molecule has 7 nitrogen and oxygen atoms in total. The van der Waals surface area contributed by atoms with Crippen molar-refractivity contribution in [2.75, 3.05) is 14.1 Å². The number of aromatic hydroxyl groups is 1. The highest BCUT2D eigenvalue weighted by Crippen LogP contribution is 2.21. The zero-order valence-electron chi connectivity index (χ0n) is 15.1. The van der Waals surface area contributed by atoms with Crippen molar-refractivity contribution >= 4 is 11.7 Å². The quantitative estimate of drug-likeness (QED) is 0.678. The molecule has 2 aromatic heterocycles. The normalized spacial score (nSPS) is 10.7. The van der Waals surface area contributed by atoms with Crippen LogP contribution >= 0.6 is 0 Å². The Kier molecular flexibility index (Phi) is 5.12. The van der Waals surface area contributed by atoms with E-state index in [1.165, 1.54) is 32.3 Å². The number of carbonyl (C=O) groups excluding carboxylic acids is 2. The number of nitrogens with zero attached hydrogens (tertiary/aromatic N) is 1. The van der Waals surface area contributed by atoms with Gasteiger partial charge in [0.2, 0.25) is 16.9 Å². The Labute approximate surface area is 158 Å². The fourth-order valence-corrected chi connectivity index (χ4v) is 2.48. The zero-order chi connectivity index (χ0) is 20.4. The molecule has 3 rings (SSSR count). The highest BCUT2D eigenvalue weighted by Gasteiger charge is 2.25. The molecule has 144 valence electrons. The maximum Gasteiger partial charge on any atom is 0.289 e. The van der Waals surface area contributed by atoms with Gasteiger partial charge in [-0.05, 0) is 29.8 Å². The molecular weight excluding hydrogens is 369 g/mol. The molecule has 2 heterocycles. The summed E-state index contributed by atoms with van der Waals surface area (Å²) in [5.74, 6) is -3.61. The van der Waals surface area contributed by atoms with Crippen molar-refractivity contribution in [1.82, 2.24) is 4.90 Å². The average Bonchev–Trinajstić information content (AvgIpc) is 3.13. The van der Waals surface area contributed by atoms with Gasteiger partial charge in [-0.1, -0.05) is 12.1 Å². The first-order chi connectivity index (χ1) is 13.3. The Balaban J connectivity index is 1.90. The molecule has 0 spiro atoms. The van der Waals surface area contributed by atoms with Gasteiger partial charge in [0.1, 0.15) is 11.6 Å². The number of halogens is 1. The number of furan rings is 1. The standard InChI is InChI=1S/C20H16FNO6/c1-22(2)20(26)16-10-14(23)17(24)19(28-16)18(25)15-8-7-13(27-15)9-11-3-5-12(21)6-4-11/h3-8,10,24H,9H2,1-2H3. The van der Waals surface area contributed by atoms with Gasteiger partial charge in [0.05, 0.1) is 0 Å². The summed E-state index contributed by atoms with van der Waals surface area (Å²) in [6.45, 7) is 0. The minimum absolute atomic E-state index is 0.176. The van der Waals surface area contributed by atoms with Crippen molar-refractivity contribution in [2.24, 2.45) is 0 Å². The molecule has 1 aromatic carbocycles. The zero-order valence-corrected chi connectivity index (χ0v) is 15.1. The molecule has 0 aliphatic rings. The van der Waals surface area contributed by atoms with Gasteiger partial charge in [0.25, 0.3) is 11.7 Å². The Hall–Kier alpha value is -3.68. The second-order valence-electron chi connectivity index (χ2n) is 6.25. The highest BCUT2D eigenvalue weighted by atomic mass is 19.1. The third-order valence-electron chi connectivity index (χ3n) is 3.92. The summed E-state index contributed by atoms with van der Waals surface area (Å²) in [6, 6.07) is 9.51. The molecule has 8 heteroatoms. The summed E-state index contributed by atoms with van der Waals surface area (Å²) in [7, 11) is 2.90. The van der Waals surface area contributed by atoms with E-state index in [1.54, 1.807) is 18.2 Å². The first-order valence-corrected chi connectivity index (χ1v) is 8.23. The van der Waals surface area contributed by atoms with Crippen molar-refractivity contribution in [1.29, 1.82) is 0 Å². The Morgan fingerprint density at radius 2 is 1.71 bits per heavy atom. The van der Waals surface area contributed by atoms with Crippen LogP contribution in [0.1, 0.15) is 38.2 Å². The highest BCUT2D eigenvalue weighted by molar-refractivity contribution is 6.07. The fraction of sp³-hybridized carbons (Fsp3) is 0.150. The number of rotatable bonds is 5. The van der Waals surface area contributed by atoms with Crippen molar-refractivity contribution < 1.29 is 27.9 Å². The van der Waals surface area contributed by atoms with Crippen LogP contribution in [0.5, 0.6) is 5.75 Å². The summed E-state index contributed by atoms with van der Waals surface area (Å²) < 4.78 is 23.6. The molecule has 0 saturated heterocycles. The first kappa shape index (κ1) is 19.1. The Morgan fingerprint density at radius 3 is 2.36 bits per heavy atom. The molecule has 0 unspecified atom stereocenters. The minimum Gasteiger partial charge on any atom is -0.501 e. The lowest BCUT2D eigenvalue weighted by atomic mass is 10.1. The van der Waals surface area contributed by atoms with E-state index in [0.717, 1.165) is 16.5 Å². The largest absolute Gasteiger partial charge is 0.501 e. The average molecular weight is 385 g/mol. The van der Waals surface area contributed by atoms with Gasteiger partial charge in [-0.15, -0.1) is 0 Å². The second-order valence-corrected chi connectivity index (χ2v) is 6.25. The van der Waals surface area contributed by atoms with Crippen LogP contribution in [0.15, 0.2) is 56.1 Å².